The molecular formula is C22H26ClN3O2S2. The van der Waals surface area contributed by atoms with Crippen LogP contribution in [0.25, 0.3) is 10.2 Å². The van der Waals surface area contributed by atoms with Gasteiger partial charge in [0.2, 0.25) is 0 Å². The molecule has 3 aromatic rings. The van der Waals surface area contributed by atoms with Gasteiger partial charge >= 0.3 is 0 Å². The highest BCUT2D eigenvalue weighted by molar-refractivity contribution is 7.98. The van der Waals surface area contributed by atoms with E-state index in [4.69, 9.17) is 21.3 Å². The molecule has 1 amide bonds. The highest BCUT2D eigenvalue weighted by Gasteiger charge is 2.23. The Hall–Kier alpha value is -1.80. The average Bonchev–Trinajstić information content (AvgIpc) is 3.23. The number of hydrogen-bond acceptors (Lipinski definition) is 6. The number of ether oxygens (including phenoxy) is 1. The van der Waals surface area contributed by atoms with Crippen LogP contribution in [-0.4, -0.2) is 55.3 Å². The van der Waals surface area contributed by atoms with E-state index in [0.29, 0.717) is 33.5 Å². The van der Waals surface area contributed by atoms with Crippen LogP contribution in [0.5, 0.6) is 5.75 Å². The predicted molar refractivity (Wildman–Crippen MR) is 129 cm³/mol. The van der Waals surface area contributed by atoms with Gasteiger partial charge in [0.15, 0.2) is 5.13 Å². The van der Waals surface area contributed by atoms with Crippen molar-refractivity contribution in [3.8, 4) is 5.75 Å². The van der Waals surface area contributed by atoms with E-state index in [2.05, 4.69) is 18.7 Å². The van der Waals surface area contributed by atoms with Gasteiger partial charge in [0.25, 0.3) is 5.91 Å². The first kappa shape index (κ1) is 22.9. The van der Waals surface area contributed by atoms with Gasteiger partial charge in [0, 0.05) is 23.5 Å². The Kier molecular flexibility index (Phi) is 7.99. The van der Waals surface area contributed by atoms with E-state index in [1.165, 1.54) is 11.3 Å². The first-order valence-corrected chi connectivity index (χ1v) is 12.3. The number of thioether (sulfide) groups is 1. The minimum absolute atomic E-state index is 0.0658. The van der Waals surface area contributed by atoms with Crippen molar-refractivity contribution >= 4 is 56.0 Å². The topological polar surface area (TPSA) is 45.7 Å². The highest BCUT2D eigenvalue weighted by atomic mass is 35.5. The summed E-state index contributed by atoms with van der Waals surface area (Å²) < 4.78 is 6.27. The number of halogens is 1. The van der Waals surface area contributed by atoms with Crippen molar-refractivity contribution in [1.82, 2.24) is 9.88 Å². The van der Waals surface area contributed by atoms with E-state index in [1.54, 1.807) is 35.9 Å². The van der Waals surface area contributed by atoms with Crippen molar-refractivity contribution < 1.29 is 9.53 Å². The molecule has 30 heavy (non-hydrogen) atoms. The quantitative estimate of drug-likeness (QED) is 0.382. The molecule has 5 nitrogen and oxygen atoms in total. The first-order valence-electron chi connectivity index (χ1n) is 9.83. The minimum atomic E-state index is -0.0658. The Morgan fingerprint density at radius 3 is 2.43 bits per heavy atom. The molecule has 0 N–H and O–H groups in total. The summed E-state index contributed by atoms with van der Waals surface area (Å²) in [7, 11) is 1.61. The lowest BCUT2D eigenvalue weighted by atomic mass is 10.2. The third kappa shape index (κ3) is 4.91. The highest BCUT2D eigenvalue weighted by Crippen LogP contribution is 2.39. The lowest BCUT2D eigenvalue weighted by Gasteiger charge is -2.24. The van der Waals surface area contributed by atoms with E-state index in [1.807, 2.05) is 30.5 Å². The fourth-order valence-electron chi connectivity index (χ4n) is 3.18. The van der Waals surface area contributed by atoms with Gasteiger partial charge in [-0.2, -0.15) is 0 Å². The summed E-state index contributed by atoms with van der Waals surface area (Å²) in [6.07, 6.45) is 2.02. The smallest absolute Gasteiger partial charge is 0.260 e. The number of aromatic nitrogens is 1. The number of anilines is 1. The monoisotopic (exact) mass is 463 g/mol. The van der Waals surface area contributed by atoms with Crippen LogP contribution in [0.1, 0.15) is 24.2 Å². The molecule has 0 spiro atoms. The maximum atomic E-state index is 13.5. The molecule has 1 heterocycles. The Labute approximate surface area is 191 Å². The van der Waals surface area contributed by atoms with Crippen LogP contribution in [0.15, 0.2) is 41.3 Å². The Morgan fingerprint density at radius 2 is 1.83 bits per heavy atom. The summed E-state index contributed by atoms with van der Waals surface area (Å²) in [5.74, 6) is 0.585. The number of fused-ring (bicyclic) bond motifs is 1. The summed E-state index contributed by atoms with van der Waals surface area (Å²) in [5, 5.41) is 1.23. The van der Waals surface area contributed by atoms with Crippen LogP contribution >= 0.6 is 34.7 Å². The molecule has 160 valence electrons. The zero-order chi connectivity index (χ0) is 21.7. The lowest BCUT2D eigenvalue weighted by molar-refractivity contribution is 0.0983. The molecule has 0 atom stereocenters. The second-order valence-electron chi connectivity index (χ2n) is 6.64. The third-order valence-electron chi connectivity index (χ3n) is 5.01. The molecule has 0 fully saturated rings. The van der Waals surface area contributed by atoms with Gasteiger partial charge in [-0.25, -0.2) is 4.98 Å². The van der Waals surface area contributed by atoms with E-state index < -0.39 is 0 Å². The van der Waals surface area contributed by atoms with Crippen molar-refractivity contribution in [2.75, 3.05) is 44.4 Å². The normalized spacial score (nSPS) is 11.3. The van der Waals surface area contributed by atoms with Crippen LogP contribution in [0.4, 0.5) is 5.13 Å². The number of amides is 1. The number of rotatable bonds is 9. The van der Waals surface area contributed by atoms with Crippen molar-refractivity contribution in [3.63, 3.8) is 0 Å². The number of carbonyl (C=O) groups is 1. The van der Waals surface area contributed by atoms with Crippen LogP contribution in [-0.2, 0) is 0 Å². The molecular weight excluding hydrogens is 438 g/mol. The van der Waals surface area contributed by atoms with Crippen LogP contribution in [0.3, 0.4) is 0 Å². The van der Waals surface area contributed by atoms with Gasteiger partial charge in [-0.15, -0.1) is 11.8 Å². The van der Waals surface area contributed by atoms with Gasteiger partial charge in [-0.1, -0.05) is 36.8 Å². The number of benzene rings is 2. The molecule has 0 bridgehead atoms. The first-order chi connectivity index (χ1) is 14.5. The lowest BCUT2D eigenvalue weighted by Crippen LogP contribution is -2.38. The fourth-order valence-corrected chi connectivity index (χ4v) is 4.86. The Morgan fingerprint density at radius 1 is 1.13 bits per heavy atom. The number of nitrogens with zero attached hydrogens (tertiary/aromatic N) is 3. The van der Waals surface area contributed by atoms with Gasteiger partial charge < -0.3 is 9.64 Å². The number of likely N-dealkylation sites (N-methyl/N-ethyl adjacent to an activating group) is 1. The van der Waals surface area contributed by atoms with E-state index in [0.717, 1.165) is 29.2 Å². The van der Waals surface area contributed by atoms with Crippen LogP contribution < -0.4 is 9.64 Å². The van der Waals surface area contributed by atoms with Gasteiger partial charge in [0.1, 0.15) is 11.3 Å². The average molecular weight is 464 g/mol. The molecule has 0 saturated carbocycles. The Bertz CT molecular complexity index is 1000. The molecule has 0 saturated heterocycles. The van der Waals surface area contributed by atoms with Gasteiger partial charge in [-0.3, -0.25) is 9.69 Å². The molecule has 1 aromatic heterocycles. The Balaban J connectivity index is 2.01. The van der Waals surface area contributed by atoms with Crippen LogP contribution in [0.2, 0.25) is 5.02 Å². The molecule has 8 heteroatoms. The van der Waals surface area contributed by atoms with Crippen molar-refractivity contribution in [1.29, 1.82) is 0 Å². The number of hydrogen-bond donors (Lipinski definition) is 0. The zero-order valence-corrected chi connectivity index (χ0v) is 20.0. The van der Waals surface area contributed by atoms with E-state index in [9.17, 15) is 4.79 Å². The second-order valence-corrected chi connectivity index (χ2v) is 8.90. The maximum absolute atomic E-state index is 13.5. The molecule has 0 aliphatic heterocycles. The maximum Gasteiger partial charge on any atom is 0.260 e. The van der Waals surface area contributed by atoms with Gasteiger partial charge in [0.05, 0.1) is 16.8 Å². The predicted octanol–water partition coefficient (Wildman–Crippen LogP) is 5.67. The largest absolute Gasteiger partial charge is 0.494 e. The second kappa shape index (κ2) is 10.5. The van der Waals surface area contributed by atoms with Crippen molar-refractivity contribution in [2.45, 2.75) is 18.7 Å². The van der Waals surface area contributed by atoms with E-state index in [-0.39, 0.29) is 5.91 Å². The number of carbonyl (C=O) groups excluding carboxylic acids is 1. The zero-order valence-electron chi connectivity index (χ0n) is 17.6. The molecule has 0 radical (unpaired) electrons. The summed E-state index contributed by atoms with van der Waals surface area (Å²) in [6.45, 7) is 7.42. The summed E-state index contributed by atoms with van der Waals surface area (Å²) in [6, 6.07) is 11.3. The molecule has 3 rings (SSSR count). The standard InChI is InChI=1S/C22H26ClN3O2S2/c1-5-25(6-2)13-14-26(21(27)15-7-9-16(29-4)10-8-15)22-24-19-18(28-3)12-11-17(23)20(19)30-22/h7-12H,5-6,13-14H2,1-4H3. The number of methoxy groups -OCH3 is 1. The summed E-state index contributed by atoms with van der Waals surface area (Å²) in [5.41, 5.74) is 1.33. The molecule has 0 aliphatic rings. The van der Waals surface area contributed by atoms with Crippen LogP contribution in [0, 0.1) is 0 Å². The third-order valence-corrected chi connectivity index (χ3v) is 7.30. The fraction of sp³-hybridized carbons (Fsp3) is 0.364. The van der Waals surface area contributed by atoms with E-state index >= 15 is 0 Å². The summed E-state index contributed by atoms with van der Waals surface area (Å²) in [4.78, 5) is 23.4. The van der Waals surface area contributed by atoms with Crippen molar-refractivity contribution in [2.24, 2.45) is 0 Å². The SMILES string of the molecule is CCN(CC)CCN(C(=O)c1ccc(SC)cc1)c1nc2c(OC)ccc(Cl)c2s1. The van der Waals surface area contributed by atoms with Gasteiger partial charge in [-0.05, 0) is 55.7 Å². The summed E-state index contributed by atoms with van der Waals surface area (Å²) >= 11 is 9.48. The molecule has 2 aromatic carbocycles. The minimum Gasteiger partial charge on any atom is -0.494 e. The number of thiazole rings is 1. The van der Waals surface area contributed by atoms with Crippen molar-refractivity contribution in [3.05, 3.63) is 47.0 Å². The molecule has 0 unspecified atom stereocenters. The molecule has 0 aliphatic carbocycles.